The average Bonchev–Trinajstić information content (AvgIpc) is 3.51. The number of hydrogen-bond acceptors (Lipinski definition) is 7. The Bertz CT molecular complexity index is 1090. The fraction of sp³-hybridized carbons (Fsp3) is 0.391. The van der Waals surface area contributed by atoms with Gasteiger partial charge in [0.25, 0.3) is 0 Å². The second-order valence-electron chi connectivity index (χ2n) is 7.56. The molecule has 3 aromatic rings. The van der Waals surface area contributed by atoms with Gasteiger partial charge in [0.2, 0.25) is 12.7 Å². The summed E-state index contributed by atoms with van der Waals surface area (Å²) in [4.78, 5) is 19.9. The molecule has 1 aromatic heterocycles. The van der Waals surface area contributed by atoms with Crippen molar-refractivity contribution >= 4 is 32.6 Å². The second kappa shape index (κ2) is 8.72. The highest BCUT2D eigenvalue weighted by atomic mass is 32.1. The molecule has 2 aliphatic heterocycles. The highest BCUT2D eigenvalue weighted by molar-refractivity contribution is 7.22. The predicted octanol–water partition coefficient (Wildman–Crippen LogP) is 4.18. The van der Waals surface area contributed by atoms with Crippen molar-refractivity contribution in [3.05, 3.63) is 42.0 Å². The zero-order chi connectivity index (χ0) is 21.2. The van der Waals surface area contributed by atoms with E-state index in [-0.39, 0.29) is 25.2 Å². The van der Waals surface area contributed by atoms with Crippen molar-refractivity contribution < 1.29 is 23.7 Å². The number of hydrogen-bond donors (Lipinski definition) is 0. The number of ether oxygens (including phenoxy) is 4. The van der Waals surface area contributed by atoms with E-state index in [2.05, 4.69) is 0 Å². The molecule has 0 bridgehead atoms. The van der Waals surface area contributed by atoms with Gasteiger partial charge in [-0.05, 0) is 55.7 Å². The highest BCUT2D eigenvalue weighted by Crippen LogP contribution is 2.34. The largest absolute Gasteiger partial charge is 0.494 e. The van der Waals surface area contributed by atoms with E-state index in [1.54, 1.807) is 4.90 Å². The number of fused-ring (bicyclic) bond motifs is 2. The summed E-state index contributed by atoms with van der Waals surface area (Å²) in [6.07, 6.45) is 2.26. The van der Waals surface area contributed by atoms with Gasteiger partial charge in [0.05, 0.1) is 35.9 Å². The van der Waals surface area contributed by atoms with E-state index in [0.29, 0.717) is 29.8 Å². The van der Waals surface area contributed by atoms with Crippen molar-refractivity contribution in [2.75, 3.05) is 31.5 Å². The Morgan fingerprint density at radius 1 is 1.23 bits per heavy atom. The minimum absolute atomic E-state index is 0.0153. The molecule has 0 aliphatic carbocycles. The van der Waals surface area contributed by atoms with Crippen molar-refractivity contribution in [1.29, 1.82) is 0 Å². The Labute approximate surface area is 184 Å². The quantitative estimate of drug-likeness (QED) is 0.549. The summed E-state index contributed by atoms with van der Waals surface area (Å²) in [6, 6.07) is 11.5. The molecule has 31 heavy (non-hydrogen) atoms. The Hall–Kier alpha value is -2.84. The summed E-state index contributed by atoms with van der Waals surface area (Å²) in [5.41, 5.74) is 1.74. The molecule has 5 rings (SSSR count). The van der Waals surface area contributed by atoms with Gasteiger partial charge in [-0.2, -0.15) is 0 Å². The Morgan fingerprint density at radius 2 is 2.13 bits per heavy atom. The van der Waals surface area contributed by atoms with E-state index in [4.69, 9.17) is 23.9 Å². The predicted molar refractivity (Wildman–Crippen MR) is 118 cm³/mol. The van der Waals surface area contributed by atoms with Crippen LogP contribution in [0.4, 0.5) is 5.13 Å². The SMILES string of the molecule is CCOc1ccc2nc(N(C[C@@H]3CCCO3)C(=O)Cc3ccc4c(c3)OCO4)sc2c1. The number of benzene rings is 2. The van der Waals surface area contributed by atoms with Crippen molar-refractivity contribution in [1.82, 2.24) is 4.98 Å². The van der Waals surface area contributed by atoms with Crippen LogP contribution in [0.1, 0.15) is 25.3 Å². The summed E-state index contributed by atoms with van der Waals surface area (Å²) < 4.78 is 23.2. The number of carbonyl (C=O) groups excluding carboxylic acids is 1. The standard InChI is InChI=1S/C23H24N2O5S/c1-2-27-16-6-7-18-21(12-16)31-23(24-18)25(13-17-4-3-9-28-17)22(26)11-15-5-8-19-20(10-15)30-14-29-19/h5-8,10,12,17H,2-4,9,11,13-14H2,1H3/t17-/m0/s1. The third-order valence-electron chi connectivity index (χ3n) is 5.39. The maximum absolute atomic E-state index is 13.4. The number of amides is 1. The lowest BCUT2D eigenvalue weighted by molar-refractivity contribution is -0.118. The van der Waals surface area contributed by atoms with Gasteiger partial charge in [0.1, 0.15) is 5.75 Å². The summed E-state index contributed by atoms with van der Waals surface area (Å²) in [6.45, 7) is 4.03. The molecule has 1 atom stereocenters. The third kappa shape index (κ3) is 4.31. The third-order valence-corrected chi connectivity index (χ3v) is 6.44. The first-order chi connectivity index (χ1) is 15.2. The van der Waals surface area contributed by atoms with Crippen molar-refractivity contribution in [3.63, 3.8) is 0 Å². The van der Waals surface area contributed by atoms with Crippen LogP contribution in [0.25, 0.3) is 10.2 Å². The lowest BCUT2D eigenvalue weighted by atomic mass is 10.1. The van der Waals surface area contributed by atoms with Gasteiger partial charge < -0.3 is 18.9 Å². The molecule has 1 amide bonds. The fourth-order valence-corrected chi connectivity index (χ4v) is 4.88. The van der Waals surface area contributed by atoms with Gasteiger partial charge in [-0.25, -0.2) is 4.98 Å². The van der Waals surface area contributed by atoms with Crippen LogP contribution in [0.15, 0.2) is 36.4 Å². The first kappa shape index (κ1) is 20.1. The van der Waals surface area contributed by atoms with Crippen LogP contribution in [-0.2, 0) is 16.0 Å². The van der Waals surface area contributed by atoms with Gasteiger partial charge >= 0.3 is 0 Å². The minimum atomic E-state index is -0.0153. The molecule has 8 heteroatoms. The van der Waals surface area contributed by atoms with E-state index in [0.717, 1.165) is 41.0 Å². The molecule has 0 N–H and O–H groups in total. The van der Waals surface area contributed by atoms with Crippen LogP contribution in [-0.4, -0.2) is 43.5 Å². The number of thiazole rings is 1. The Kier molecular flexibility index (Phi) is 5.65. The van der Waals surface area contributed by atoms with Crippen LogP contribution in [0.5, 0.6) is 17.2 Å². The Morgan fingerprint density at radius 3 is 2.97 bits per heavy atom. The molecule has 0 spiro atoms. The number of anilines is 1. The first-order valence-corrected chi connectivity index (χ1v) is 11.3. The molecule has 0 saturated carbocycles. The van der Waals surface area contributed by atoms with Gasteiger partial charge in [-0.15, -0.1) is 0 Å². The number of nitrogens with zero attached hydrogens (tertiary/aromatic N) is 2. The van der Waals surface area contributed by atoms with Crippen LogP contribution >= 0.6 is 11.3 Å². The molecule has 1 fully saturated rings. The number of carbonyl (C=O) groups is 1. The van der Waals surface area contributed by atoms with Crippen LogP contribution in [0, 0.1) is 0 Å². The Balaban J connectivity index is 1.42. The molecule has 2 aliphatic rings. The topological polar surface area (TPSA) is 70.1 Å². The van der Waals surface area contributed by atoms with Gasteiger partial charge in [-0.1, -0.05) is 17.4 Å². The van der Waals surface area contributed by atoms with E-state index in [1.807, 2.05) is 43.3 Å². The molecule has 1 saturated heterocycles. The first-order valence-electron chi connectivity index (χ1n) is 10.5. The molecular formula is C23H24N2O5S. The second-order valence-corrected chi connectivity index (χ2v) is 8.57. The maximum atomic E-state index is 13.4. The van der Waals surface area contributed by atoms with Crippen molar-refractivity contribution in [2.45, 2.75) is 32.3 Å². The van der Waals surface area contributed by atoms with Crippen LogP contribution in [0.2, 0.25) is 0 Å². The van der Waals surface area contributed by atoms with E-state index in [1.165, 1.54) is 11.3 Å². The molecule has 0 unspecified atom stereocenters. The van der Waals surface area contributed by atoms with Gasteiger partial charge in [-0.3, -0.25) is 9.69 Å². The summed E-state index contributed by atoms with van der Waals surface area (Å²) in [7, 11) is 0. The molecule has 3 heterocycles. The zero-order valence-electron chi connectivity index (χ0n) is 17.3. The van der Waals surface area contributed by atoms with Gasteiger partial charge in [0, 0.05) is 6.61 Å². The van der Waals surface area contributed by atoms with Crippen LogP contribution < -0.4 is 19.1 Å². The number of aromatic nitrogens is 1. The number of rotatable bonds is 7. The smallest absolute Gasteiger partial charge is 0.233 e. The molecule has 7 nitrogen and oxygen atoms in total. The van der Waals surface area contributed by atoms with E-state index < -0.39 is 0 Å². The van der Waals surface area contributed by atoms with Crippen LogP contribution in [0.3, 0.4) is 0 Å². The highest BCUT2D eigenvalue weighted by Gasteiger charge is 2.27. The maximum Gasteiger partial charge on any atom is 0.233 e. The molecule has 0 radical (unpaired) electrons. The summed E-state index contributed by atoms with van der Waals surface area (Å²) in [5, 5.41) is 0.685. The molecule has 2 aromatic carbocycles. The monoisotopic (exact) mass is 440 g/mol. The zero-order valence-corrected chi connectivity index (χ0v) is 18.2. The van der Waals surface area contributed by atoms with Crippen molar-refractivity contribution in [2.24, 2.45) is 0 Å². The minimum Gasteiger partial charge on any atom is -0.494 e. The lowest BCUT2D eigenvalue weighted by Crippen LogP contribution is -2.38. The molecular weight excluding hydrogens is 416 g/mol. The van der Waals surface area contributed by atoms with E-state index >= 15 is 0 Å². The lowest BCUT2D eigenvalue weighted by Gasteiger charge is -2.23. The molecule has 162 valence electrons. The summed E-state index contributed by atoms with van der Waals surface area (Å²) in [5.74, 6) is 2.18. The van der Waals surface area contributed by atoms with Crippen molar-refractivity contribution in [3.8, 4) is 17.2 Å². The average molecular weight is 441 g/mol. The fourth-order valence-electron chi connectivity index (χ4n) is 3.86. The van der Waals surface area contributed by atoms with E-state index in [9.17, 15) is 4.79 Å². The van der Waals surface area contributed by atoms with Gasteiger partial charge in [0.15, 0.2) is 16.6 Å². The summed E-state index contributed by atoms with van der Waals surface area (Å²) >= 11 is 1.50. The normalized spacial score (nSPS) is 17.3.